The molecule has 0 N–H and O–H groups in total. The fraction of sp³-hybridized carbons (Fsp3) is 0.308. The van der Waals surface area contributed by atoms with Crippen LogP contribution in [0.3, 0.4) is 0 Å². The molecular formula is C13H17N3O. The summed E-state index contributed by atoms with van der Waals surface area (Å²) in [5.74, 6) is 0. The van der Waals surface area contributed by atoms with E-state index in [9.17, 15) is 4.79 Å². The molecule has 1 aromatic rings. The van der Waals surface area contributed by atoms with Gasteiger partial charge in [-0.15, -0.1) is 0 Å². The molecule has 0 saturated heterocycles. The second kappa shape index (κ2) is 4.91. The maximum atomic E-state index is 12.3. The number of carbonyl (C=O) groups is 1. The van der Waals surface area contributed by atoms with Gasteiger partial charge >= 0.3 is 6.03 Å². The molecule has 4 nitrogen and oxygen atoms in total. The normalized spacial score (nSPS) is 14.2. The van der Waals surface area contributed by atoms with Crippen molar-refractivity contribution in [3.05, 3.63) is 42.7 Å². The Balaban J connectivity index is 2.14. The second-order valence-electron chi connectivity index (χ2n) is 4.03. The Bertz CT molecular complexity index is 416. The summed E-state index contributed by atoms with van der Waals surface area (Å²) < 4.78 is 0. The summed E-state index contributed by atoms with van der Waals surface area (Å²) >= 11 is 0. The summed E-state index contributed by atoms with van der Waals surface area (Å²) in [6, 6.07) is 9.74. The zero-order valence-corrected chi connectivity index (χ0v) is 10.2. The van der Waals surface area contributed by atoms with Crippen molar-refractivity contribution in [3.63, 3.8) is 0 Å². The lowest BCUT2D eigenvalue weighted by atomic mass is 10.3. The highest BCUT2D eigenvalue weighted by Gasteiger charge is 2.22. The number of urea groups is 1. The lowest BCUT2D eigenvalue weighted by Gasteiger charge is -2.26. The molecule has 2 amide bonds. The first-order valence-electron chi connectivity index (χ1n) is 5.74. The smallest absolute Gasteiger partial charge is 0.330 e. The van der Waals surface area contributed by atoms with Crippen molar-refractivity contribution in [2.45, 2.75) is 6.92 Å². The topological polar surface area (TPSA) is 26.8 Å². The monoisotopic (exact) mass is 231 g/mol. The second-order valence-corrected chi connectivity index (χ2v) is 4.03. The summed E-state index contributed by atoms with van der Waals surface area (Å²) in [5.41, 5.74) is 0.933. The maximum absolute atomic E-state index is 12.3. The van der Waals surface area contributed by atoms with Gasteiger partial charge in [-0.25, -0.2) is 4.79 Å². The number of carbonyl (C=O) groups excluding carboxylic acids is 1. The molecule has 1 aliphatic heterocycles. The van der Waals surface area contributed by atoms with E-state index in [-0.39, 0.29) is 6.03 Å². The van der Waals surface area contributed by atoms with Crippen LogP contribution in [0, 0.1) is 0 Å². The lowest BCUT2D eigenvalue weighted by Crippen LogP contribution is -2.41. The molecule has 1 aromatic carbocycles. The molecule has 0 fully saturated rings. The van der Waals surface area contributed by atoms with Crippen molar-refractivity contribution in [1.29, 1.82) is 0 Å². The van der Waals surface area contributed by atoms with Gasteiger partial charge in [0.25, 0.3) is 0 Å². The van der Waals surface area contributed by atoms with Gasteiger partial charge in [0.2, 0.25) is 0 Å². The number of anilines is 1. The third-order valence-electron chi connectivity index (χ3n) is 2.74. The minimum Gasteiger partial charge on any atom is -0.361 e. The van der Waals surface area contributed by atoms with Gasteiger partial charge in [0.15, 0.2) is 0 Å². The molecule has 4 heteroatoms. The Hall–Kier alpha value is -1.97. The Morgan fingerprint density at radius 1 is 1.29 bits per heavy atom. The molecule has 1 aliphatic rings. The van der Waals surface area contributed by atoms with Gasteiger partial charge in [-0.2, -0.15) is 0 Å². The first kappa shape index (κ1) is 11.5. The van der Waals surface area contributed by atoms with Crippen molar-refractivity contribution in [2.24, 2.45) is 0 Å². The highest BCUT2D eigenvalue weighted by Crippen LogP contribution is 2.17. The van der Waals surface area contributed by atoms with Crippen LogP contribution < -0.4 is 4.90 Å². The molecule has 0 aliphatic carbocycles. The molecule has 0 spiro atoms. The standard InChI is InChI=1S/C13H17N3O/c1-3-16(12-7-5-4-6-8-12)13(17)15-10-9-14(2)11-15/h4-10H,3,11H2,1-2H3. The van der Waals surface area contributed by atoms with E-state index in [2.05, 4.69) is 0 Å². The van der Waals surface area contributed by atoms with Gasteiger partial charge in [0, 0.05) is 31.7 Å². The quantitative estimate of drug-likeness (QED) is 0.781. The summed E-state index contributed by atoms with van der Waals surface area (Å²) in [4.78, 5) is 17.7. The first-order valence-corrected chi connectivity index (χ1v) is 5.74. The Labute approximate surface area is 102 Å². The van der Waals surface area contributed by atoms with Gasteiger partial charge in [0.05, 0.1) is 6.67 Å². The van der Waals surface area contributed by atoms with E-state index in [4.69, 9.17) is 0 Å². The molecular weight excluding hydrogens is 214 g/mol. The zero-order valence-electron chi connectivity index (χ0n) is 10.2. The number of hydrogen-bond donors (Lipinski definition) is 0. The van der Waals surface area contributed by atoms with E-state index in [1.807, 2.05) is 61.6 Å². The Morgan fingerprint density at radius 2 is 2.00 bits per heavy atom. The maximum Gasteiger partial charge on any atom is 0.330 e. The van der Waals surface area contributed by atoms with Gasteiger partial charge < -0.3 is 4.90 Å². The predicted molar refractivity (Wildman–Crippen MR) is 68.5 cm³/mol. The summed E-state index contributed by atoms with van der Waals surface area (Å²) in [7, 11) is 1.95. The van der Waals surface area contributed by atoms with Crippen molar-refractivity contribution in [3.8, 4) is 0 Å². The molecule has 0 radical (unpaired) electrons. The van der Waals surface area contributed by atoms with Crippen molar-refractivity contribution in [1.82, 2.24) is 9.80 Å². The van der Waals surface area contributed by atoms with Crippen LogP contribution in [0.5, 0.6) is 0 Å². The van der Waals surface area contributed by atoms with Crippen molar-refractivity contribution in [2.75, 3.05) is 25.2 Å². The van der Waals surface area contributed by atoms with E-state index in [0.717, 1.165) is 5.69 Å². The van der Waals surface area contributed by atoms with E-state index in [1.165, 1.54) is 0 Å². The van der Waals surface area contributed by atoms with Gasteiger partial charge in [0.1, 0.15) is 0 Å². The molecule has 0 aromatic heterocycles. The predicted octanol–water partition coefficient (Wildman–Crippen LogP) is 2.31. The van der Waals surface area contributed by atoms with Crippen molar-refractivity contribution >= 4 is 11.7 Å². The number of rotatable bonds is 2. The van der Waals surface area contributed by atoms with Crippen LogP contribution in [0.15, 0.2) is 42.7 Å². The number of benzene rings is 1. The molecule has 17 heavy (non-hydrogen) atoms. The minimum atomic E-state index is 0.0132. The third-order valence-corrected chi connectivity index (χ3v) is 2.74. The number of hydrogen-bond acceptors (Lipinski definition) is 2. The summed E-state index contributed by atoms with van der Waals surface area (Å²) in [6.07, 6.45) is 3.71. The van der Waals surface area contributed by atoms with Crippen LogP contribution in [-0.2, 0) is 0 Å². The molecule has 90 valence electrons. The SMILES string of the molecule is CCN(C(=O)N1C=CN(C)C1)c1ccccc1. The fourth-order valence-corrected chi connectivity index (χ4v) is 1.84. The van der Waals surface area contributed by atoms with Crippen LogP contribution in [0.25, 0.3) is 0 Å². The van der Waals surface area contributed by atoms with Gasteiger partial charge in [-0.05, 0) is 19.1 Å². The fourth-order valence-electron chi connectivity index (χ4n) is 1.84. The van der Waals surface area contributed by atoms with E-state index in [0.29, 0.717) is 13.2 Å². The average molecular weight is 231 g/mol. The van der Waals surface area contributed by atoms with Crippen LogP contribution in [0.4, 0.5) is 10.5 Å². The van der Waals surface area contributed by atoms with E-state index in [1.54, 1.807) is 9.80 Å². The molecule has 0 unspecified atom stereocenters. The zero-order chi connectivity index (χ0) is 12.3. The van der Waals surface area contributed by atoms with Crippen LogP contribution in [-0.4, -0.2) is 36.1 Å². The highest BCUT2D eigenvalue weighted by atomic mass is 16.2. The molecule has 0 atom stereocenters. The first-order chi connectivity index (χ1) is 8.22. The van der Waals surface area contributed by atoms with Crippen molar-refractivity contribution < 1.29 is 4.79 Å². The largest absolute Gasteiger partial charge is 0.361 e. The number of nitrogens with zero attached hydrogens (tertiary/aromatic N) is 3. The molecule has 0 saturated carbocycles. The third kappa shape index (κ3) is 2.41. The highest BCUT2D eigenvalue weighted by molar-refractivity contribution is 5.92. The Morgan fingerprint density at radius 3 is 2.53 bits per heavy atom. The minimum absolute atomic E-state index is 0.0132. The lowest BCUT2D eigenvalue weighted by molar-refractivity contribution is 0.214. The van der Waals surface area contributed by atoms with Crippen LogP contribution in [0.1, 0.15) is 6.92 Å². The summed E-state index contributed by atoms with van der Waals surface area (Å²) in [6.45, 7) is 3.26. The van der Waals surface area contributed by atoms with Crippen LogP contribution in [0.2, 0.25) is 0 Å². The summed E-state index contributed by atoms with van der Waals surface area (Å²) in [5, 5.41) is 0. The number of para-hydroxylation sites is 1. The van der Waals surface area contributed by atoms with Gasteiger partial charge in [-0.3, -0.25) is 9.80 Å². The molecule has 1 heterocycles. The number of amides is 2. The molecule has 0 bridgehead atoms. The van der Waals surface area contributed by atoms with Gasteiger partial charge in [-0.1, -0.05) is 18.2 Å². The van der Waals surface area contributed by atoms with Crippen LogP contribution >= 0.6 is 0 Å². The Kier molecular flexibility index (Phi) is 3.32. The molecule has 2 rings (SSSR count). The van der Waals surface area contributed by atoms with E-state index < -0.39 is 0 Å². The average Bonchev–Trinajstić information content (AvgIpc) is 2.78. The van der Waals surface area contributed by atoms with E-state index >= 15 is 0 Å².